The minimum atomic E-state index is -3.92. The third-order valence-electron chi connectivity index (χ3n) is 2.67. The van der Waals surface area contributed by atoms with Crippen LogP contribution in [0.5, 0.6) is 17.2 Å². The predicted octanol–water partition coefficient (Wildman–Crippen LogP) is 2.48. The zero-order valence-corrected chi connectivity index (χ0v) is 11.8. The summed E-state index contributed by atoms with van der Waals surface area (Å²) in [5.41, 5.74) is 0.950. The summed E-state index contributed by atoms with van der Waals surface area (Å²) in [6.45, 7) is 1.86. The quantitative estimate of drug-likeness (QED) is 0.877. The van der Waals surface area contributed by atoms with Crippen LogP contribution in [0.3, 0.4) is 0 Å². The fourth-order valence-corrected chi connectivity index (χ4v) is 2.52. The highest BCUT2D eigenvalue weighted by atomic mass is 32.2. The van der Waals surface area contributed by atoms with Crippen LogP contribution in [0.25, 0.3) is 0 Å². The molecule has 0 heterocycles. The summed E-state index contributed by atoms with van der Waals surface area (Å²) in [6, 6.07) is 10.3. The normalized spacial score (nSPS) is 11.1. The van der Waals surface area contributed by atoms with E-state index in [0.717, 1.165) is 5.56 Å². The Bertz CT molecular complexity index is 705. The standard InChI is InChI=1S/C14H14O5S/c1-10-3-6-12(7-4-10)20(16,17)19-11-5-8-14(18-2)13(15)9-11/h3-9,15H,1-2H3. The van der Waals surface area contributed by atoms with Gasteiger partial charge in [-0.2, -0.15) is 8.42 Å². The van der Waals surface area contributed by atoms with Crippen molar-refractivity contribution in [1.82, 2.24) is 0 Å². The van der Waals surface area contributed by atoms with Gasteiger partial charge in [0.1, 0.15) is 10.6 Å². The maximum atomic E-state index is 12.0. The minimum absolute atomic E-state index is 0.0175. The average molecular weight is 294 g/mol. The summed E-state index contributed by atoms with van der Waals surface area (Å²) in [6.07, 6.45) is 0. The second kappa shape index (κ2) is 5.42. The predicted molar refractivity (Wildman–Crippen MR) is 73.7 cm³/mol. The number of ether oxygens (including phenoxy) is 1. The molecule has 2 rings (SSSR count). The van der Waals surface area contributed by atoms with E-state index in [1.807, 2.05) is 6.92 Å². The van der Waals surface area contributed by atoms with Crippen LogP contribution in [-0.4, -0.2) is 20.6 Å². The van der Waals surface area contributed by atoms with Crippen molar-refractivity contribution in [3.8, 4) is 17.2 Å². The molecule has 5 nitrogen and oxygen atoms in total. The topological polar surface area (TPSA) is 72.8 Å². The van der Waals surface area contributed by atoms with Crippen molar-refractivity contribution < 1.29 is 22.4 Å². The number of hydrogen-bond donors (Lipinski definition) is 1. The number of aromatic hydroxyl groups is 1. The Morgan fingerprint density at radius 1 is 1.05 bits per heavy atom. The lowest BCUT2D eigenvalue weighted by Gasteiger charge is -2.09. The van der Waals surface area contributed by atoms with E-state index in [2.05, 4.69) is 0 Å². The molecule has 1 N–H and O–H groups in total. The van der Waals surface area contributed by atoms with Gasteiger partial charge in [0.2, 0.25) is 0 Å². The maximum Gasteiger partial charge on any atom is 0.339 e. The minimum Gasteiger partial charge on any atom is -0.504 e. The monoisotopic (exact) mass is 294 g/mol. The van der Waals surface area contributed by atoms with Gasteiger partial charge in [0, 0.05) is 6.07 Å². The lowest BCUT2D eigenvalue weighted by Crippen LogP contribution is -2.09. The molecule has 0 unspecified atom stereocenters. The Morgan fingerprint density at radius 2 is 1.70 bits per heavy atom. The SMILES string of the molecule is COc1ccc(OS(=O)(=O)c2ccc(C)cc2)cc1O. The van der Waals surface area contributed by atoms with Crippen molar-refractivity contribution >= 4 is 10.1 Å². The summed E-state index contributed by atoms with van der Waals surface area (Å²) in [5, 5.41) is 9.60. The van der Waals surface area contributed by atoms with Gasteiger partial charge >= 0.3 is 10.1 Å². The van der Waals surface area contributed by atoms with Gasteiger partial charge in [-0.25, -0.2) is 0 Å². The molecule has 0 radical (unpaired) electrons. The number of aryl methyl sites for hydroxylation is 1. The van der Waals surface area contributed by atoms with Crippen LogP contribution in [-0.2, 0) is 10.1 Å². The van der Waals surface area contributed by atoms with Gasteiger partial charge in [-0.3, -0.25) is 0 Å². The van der Waals surface area contributed by atoms with Crippen molar-refractivity contribution in [3.63, 3.8) is 0 Å². The average Bonchev–Trinajstić information content (AvgIpc) is 2.39. The molecular formula is C14H14O5S. The molecule has 0 aliphatic rings. The van der Waals surface area contributed by atoms with E-state index < -0.39 is 10.1 Å². The highest BCUT2D eigenvalue weighted by molar-refractivity contribution is 7.87. The van der Waals surface area contributed by atoms with Gasteiger partial charge in [0.05, 0.1) is 7.11 Å². The molecule has 20 heavy (non-hydrogen) atoms. The first-order valence-corrected chi connectivity index (χ1v) is 7.21. The Hall–Kier alpha value is -2.21. The molecule has 6 heteroatoms. The summed E-state index contributed by atoms with van der Waals surface area (Å²) in [5.74, 6) is 0.0677. The highest BCUT2D eigenvalue weighted by Gasteiger charge is 2.17. The smallest absolute Gasteiger partial charge is 0.339 e. The van der Waals surface area contributed by atoms with Gasteiger partial charge in [0.15, 0.2) is 11.5 Å². The lowest BCUT2D eigenvalue weighted by molar-refractivity contribution is 0.371. The summed E-state index contributed by atoms with van der Waals surface area (Å²) >= 11 is 0. The number of phenols is 1. The Balaban J connectivity index is 2.28. The molecule has 2 aromatic rings. The van der Waals surface area contributed by atoms with E-state index in [9.17, 15) is 13.5 Å². The molecular weight excluding hydrogens is 280 g/mol. The van der Waals surface area contributed by atoms with Gasteiger partial charge in [-0.1, -0.05) is 17.7 Å². The number of rotatable bonds is 4. The van der Waals surface area contributed by atoms with Gasteiger partial charge in [-0.15, -0.1) is 0 Å². The molecule has 0 amide bonds. The number of phenolic OH excluding ortho intramolecular Hbond substituents is 1. The Labute approximate surface area is 117 Å². The molecule has 0 spiro atoms. The van der Waals surface area contributed by atoms with E-state index in [0.29, 0.717) is 0 Å². The Morgan fingerprint density at radius 3 is 2.25 bits per heavy atom. The summed E-state index contributed by atoms with van der Waals surface area (Å²) < 4.78 is 33.9. The maximum absolute atomic E-state index is 12.0. The fourth-order valence-electron chi connectivity index (χ4n) is 1.60. The fraction of sp³-hybridized carbons (Fsp3) is 0.143. The van der Waals surface area contributed by atoms with E-state index in [-0.39, 0.29) is 22.1 Å². The third kappa shape index (κ3) is 3.03. The second-order valence-electron chi connectivity index (χ2n) is 4.18. The van der Waals surface area contributed by atoms with Crippen molar-refractivity contribution in [2.75, 3.05) is 7.11 Å². The zero-order chi connectivity index (χ0) is 14.8. The van der Waals surface area contributed by atoms with Gasteiger partial charge < -0.3 is 14.0 Å². The summed E-state index contributed by atoms with van der Waals surface area (Å²) in [7, 11) is -2.52. The summed E-state index contributed by atoms with van der Waals surface area (Å²) in [4.78, 5) is 0.0541. The van der Waals surface area contributed by atoms with Crippen LogP contribution < -0.4 is 8.92 Å². The highest BCUT2D eigenvalue weighted by Crippen LogP contribution is 2.31. The van der Waals surface area contributed by atoms with Gasteiger partial charge in [-0.05, 0) is 31.2 Å². The number of hydrogen-bond acceptors (Lipinski definition) is 5. The molecule has 106 valence electrons. The first-order chi connectivity index (χ1) is 9.42. The second-order valence-corrected chi connectivity index (χ2v) is 5.73. The van der Waals surface area contributed by atoms with E-state index in [1.54, 1.807) is 12.1 Å². The molecule has 0 atom stereocenters. The number of methoxy groups -OCH3 is 1. The molecule has 0 aromatic heterocycles. The van der Waals surface area contributed by atoms with E-state index >= 15 is 0 Å². The molecule has 0 bridgehead atoms. The Kier molecular flexibility index (Phi) is 3.85. The van der Waals surface area contributed by atoms with Crippen molar-refractivity contribution in [2.45, 2.75) is 11.8 Å². The molecule has 0 aliphatic heterocycles. The molecule has 0 fully saturated rings. The van der Waals surface area contributed by atoms with Crippen LogP contribution in [0.1, 0.15) is 5.56 Å². The largest absolute Gasteiger partial charge is 0.504 e. The van der Waals surface area contributed by atoms with Crippen molar-refractivity contribution in [3.05, 3.63) is 48.0 Å². The van der Waals surface area contributed by atoms with Crippen LogP contribution >= 0.6 is 0 Å². The molecule has 0 aliphatic carbocycles. The van der Waals surface area contributed by atoms with Crippen molar-refractivity contribution in [2.24, 2.45) is 0 Å². The van der Waals surface area contributed by atoms with E-state index in [4.69, 9.17) is 8.92 Å². The zero-order valence-electron chi connectivity index (χ0n) is 11.0. The molecule has 0 saturated carbocycles. The van der Waals surface area contributed by atoms with Crippen molar-refractivity contribution in [1.29, 1.82) is 0 Å². The van der Waals surface area contributed by atoms with Crippen LogP contribution in [0.4, 0.5) is 0 Å². The van der Waals surface area contributed by atoms with E-state index in [1.165, 1.54) is 37.4 Å². The van der Waals surface area contributed by atoms with Gasteiger partial charge in [0.25, 0.3) is 0 Å². The van der Waals surface area contributed by atoms with Crippen LogP contribution in [0.2, 0.25) is 0 Å². The lowest BCUT2D eigenvalue weighted by atomic mass is 10.2. The molecule has 2 aromatic carbocycles. The van der Waals surface area contributed by atoms with Crippen LogP contribution in [0, 0.1) is 6.92 Å². The first-order valence-electron chi connectivity index (χ1n) is 5.80. The molecule has 0 saturated heterocycles. The number of benzene rings is 2. The first kappa shape index (κ1) is 14.2. The third-order valence-corrected chi connectivity index (χ3v) is 3.93. The van der Waals surface area contributed by atoms with Crippen LogP contribution in [0.15, 0.2) is 47.4 Å².